The topological polar surface area (TPSA) is 78.3 Å². The van der Waals surface area contributed by atoms with Gasteiger partial charge in [0.25, 0.3) is 5.91 Å². The largest absolute Gasteiger partial charge is 0.480 e. The minimum atomic E-state index is -0.724. The maximum Gasteiger partial charge on any atom is 0.258 e. The van der Waals surface area contributed by atoms with Gasteiger partial charge in [0.05, 0.1) is 0 Å². The highest BCUT2D eigenvalue weighted by Crippen LogP contribution is 2.26. The smallest absolute Gasteiger partial charge is 0.258 e. The summed E-state index contributed by atoms with van der Waals surface area (Å²) in [6.45, 7) is 3.50. The summed E-state index contributed by atoms with van der Waals surface area (Å²) in [7, 11) is 0. The number of primary amides is 1. The summed E-state index contributed by atoms with van der Waals surface area (Å²) in [5, 5.41) is 0. The average molecular weight is 240 g/mol. The van der Waals surface area contributed by atoms with Crippen molar-refractivity contribution in [1.82, 2.24) is 0 Å². The van der Waals surface area contributed by atoms with Crippen LogP contribution in [0.4, 0.5) is 4.39 Å². The minimum Gasteiger partial charge on any atom is -0.480 e. The van der Waals surface area contributed by atoms with E-state index in [-0.39, 0.29) is 6.04 Å². The lowest BCUT2D eigenvalue weighted by atomic mass is 10.1. The van der Waals surface area contributed by atoms with E-state index in [0.717, 1.165) is 0 Å². The quantitative estimate of drug-likeness (QED) is 0.818. The van der Waals surface area contributed by atoms with Gasteiger partial charge in [-0.2, -0.15) is 0 Å². The molecule has 0 spiro atoms. The van der Waals surface area contributed by atoms with Gasteiger partial charge < -0.3 is 16.2 Å². The van der Waals surface area contributed by atoms with Crippen molar-refractivity contribution < 1.29 is 13.9 Å². The molecule has 2 atom stereocenters. The van der Waals surface area contributed by atoms with Gasteiger partial charge in [0, 0.05) is 11.6 Å². The summed E-state index contributed by atoms with van der Waals surface area (Å²) < 4.78 is 18.5. The molecule has 1 aromatic carbocycles. The third-order valence-corrected chi connectivity index (χ3v) is 2.42. The molecular weight excluding hydrogens is 223 g/mol. The molecule has 1 unspecified atom stereocenters. The zero-order chi connectivity index (χ0) is 13.0. The van der Waals surface area contributed by atoms with Crippen molar-refractivity contribution in [2.45, 2.75) is 32.4 Å². The van der Waals surface area contributed by atoms with Crippen LogP contribution in [0, 0.1) is 5.82 Å². The van der Waals surface area contributed by atoms with Crippen molar-refractivity contribution >= 4 is 5.91 Å². The molecule has 1 rings (SSSR count). The Hall–Kier alpha value is -1.62. The predicted octanol–water partition coefficient (Wildman–Crippen LogP) is 1.49. The molecular formula is C12H17FN2O2. The monoisotopic (exact) mass is 240 g/mol. The molecule has 1 amide bonds. The third-order valence-electron chi connectivity index (χ3n) is 2.42. The Morgan fingerprint density at radius 1 is 1.53 bits per heavy atom. The lowest BCUT2D eigenvalue weighted by Gasteiger charge is -2.18. The van der Waals surface area contributed by atoms with Crippen LogP contribution >= 0.6 is 0 Å². The zero-order valence-electron chi connectivity index (χ0n) is 9.94. The van der Waals surface area contributed by atoms with E-state index in [2.05, 4.69) is 0 Å². The second-order valence-corrected chi connectivity index (χ2v) is 3.89. The highest BCUT2D eigenvalue weighted by molar-refractivity contribution is 5.79. The van der Waals surface area contributed by atoms with Gasteiger partial charge in [-0.3, -0.25) is 4.79 Å². The van der Waals surface area contributed by atoms with E-state index in [1.165, 1.54) is 18.2 Å². The van der Waals surface area contributed by atoms with Crippen LogP contribution in [-0.2, 0) is 4.79 Å². The molecule has 0 saturated heterocycles. The van der Waals surface area contributed by atoms with Crippen LogP contribution in [0.5, 0.6) is 5.75 Å². The second-order valence-electron chi connectivity index (χ2n) is 3.89. The maximum atomic E-state index is 13.1. The highest BCUT2D eigenvalue weighted by Gasteiger charge is 2.18. The summed E-state index contributed by atoms with van der Waals surface area (Å²) >= 11 is 0. The Bertz CT molecular complexity index is 407. The number of amides is 1. The minimum absolute atomic E-state index is 0.383. The van der Waals surface area contributed by atoms with Crippen LogP contribution in [0.2, 0.25) is 0 Å². The van der Waals surface area contributed by atoms with E-state index < -0.39 is 17.8 Å². The molecule has 0 aromatic heterocycles. The van der Waals surface area contributed by atoms with Crippen LogP contribution in [0.25, 0.3) is 0 Å². The molecule has 4 N–H and O–H groups in total. The number of rotatable bonds is 5. The molecule has 4 nitrogen and oxygen atoms in total. The van der Waals surface area contributed by atoms with Crippen molar-refractivity contribution in [1.29, 1.82) is 0 Å². The van der Waals surface area contributed by atoms with E-state index in [1.807, 2.05) is 0 Å². The van der Waals surface area contributed by atoms with Gasteiger partial charge in [-0.1, -0.05) is 6.92 Å². The first-order valence-electron chi connectivity index (χ1n) is 5.46. The van der Waals surface area contributed by atoms with Crippen molar-refractivity contribution in [3.63, 3.8) is 0 Å². The highest BCUT2D eigenvalue weighted by atomic mass is 19.1. The molecule has 0 heterocycles. The first kappa shape index (κ1) is 13.4. The van der Waals surface area contributed by atoms with Crippen LogP contribution in [0.15, 0.2) is 18.2 Å². The molecule has 0 fully saturated rings. The Labute approximate surface area is 99.7 Å². The van der Waals surface area contributed by atoms with Crippen LogP contribution < -0.4 is 16.2 Å². The summed E-state index contributed by atoms with van der Waals surface area (Å²) in [4.78, 5) is 11.1. The first-order chi connectivity index (χ1) is 7.95. The van der Waals surface area contributed by atoms with E-state index in [4.69, 9.17) is 16.2 Å². The standard InChI is InChI=1S/C12H17FN2O2/c1-3-10(12(15)16)17-11-5-4-8(13)6-9(11)7(2)14/h4-7,10H,3,14H2,1-2H3,(H2,15,16)/t7-,10?/m1/s1. The molecule has 94 valence electrons. The number of ether oxygens (including phenoxy) is 1. The fraction of sp³-hybridized carbons (Fsp3) is 0.417. The van der Waals surface area contributed by atoms with E-state index in [1.54, 1.807) is 13.8 Å². The van der Waals surface area contributed by atoms with Crippen molar-refractivity contribution in [3.8, 4) is 5.75 Å². The molecule has 0 aliphatic carbocycles. The van der Waals surface area contributed by atoms with Gasteiger partial charge in [-0.05, 0) is 31.5 Å². The second kappa shape index (κ2) is 5.63. The van der Waals surface area contributed by atoms with Gasteiger partial charge in [0.15, 0.2) is 6.10 Å². The molecule has 0 aliphatic heterocycles. The molecule has 0 bridgehead atoms. The number of nitrogens with two attached hydrogens (primary N) is 2. The summed E-state index contributed by atoms with van der Waals surface area (Å²) in [6, 6.07) is 3.63. The van der Waals surface area contributed by atoms with Crippen molar-refractivity contribution in [2.24, 2.45) is 11.5 Å². The molecule has 0 aliphatic rings. The number of carbonyl (C=O) groups is 1. The summed E-state index contributed by atoms with van der Waals surface area (Å²) in [5.41, 5.74) is 11.4. The number of hydrogen-bond donors (Lipinski definition) is 2. The zero-order valence-corrected chi connectivity index (χ0v) is 9.94. The average Bonchev–Trinajstić information content (AvgIpc) is 2.26. The van der Waals surface area contributed by atoms with Gasteiger partial charge in [0.2, 0.25) is 0 Å². The Morgan fingerprint density at radius 3 is 2.65 bits per heavy atom. The normalized spacial score (nSPS) is 14.1. The first-order valence-corrected chi connectivity index (χ1v) is 5.46. The van der Waals surface area contributed by atoms with Crippen LogP contribution in [0.1, 0.15) is 31.9 Å². The van der Waals surface area contributed by atoms with Crippen molar-refractivity contribution in [2.75, 3.05) is 0 Å². The van der Waals surface area contributed by atoms with Crippen LogP contribution in [-0.4, -0.2) is 12.0 Å². The molecule has 5 heteroatoms. The number of hydrogen-bond acceptors (Lipinski definition) is 3. The van der Waals surface area contributed by atoms with Gasteiger partial charge >= 0.3 is 0 Å². The lowest BCUT2D eigenvalue weighted by molar-refractivity contribution is -0.124. The molecule has 0 saturated carbocycles. The third kappa shape index (κ3) is 3.42. The number of halogens is 1. The van der Waals surface area contributed by atoms with Crippen LogP contribution in [0.3, 0.4) is 0 Å². The van der Waals surface area contributed by atoms with E-state index >= 15 is 0 Å². The van der Waals surface area contributed by atoms with Crippen molar-refractivity contribution in [3.05, 3.63) is 29.6 Å². The number of benzene rings is 1. The van der Waals surface area contributed by atoms with Gasteiger partial charge in [-0.25, -0.2) is 4.39 Å². The molecule has 1 aromatic rings. The Kier molecular flexibility index (Phi) is 4.45. The maximum absolute atomic E-state index is 13.1. The van der Waals surface area contributed by atoms with Gasteiger partial charge in [-0.15, -0.1) is 0 Å². The van der Waals surface area contributed by atoms with E-state index in [9.17, 15) is 9.18 Å². The fourth-order valence-electron chi connectivity index (χ4n) is 1.48. The fourth-order valence-corrected chi connectivity index (χ4v) is 1.48. The molecule has 0 radical (unpaired) electrons. The summed E-state index contributed by atoms with van der Waals surface area (Å²) in [5.74, 6) is -0.545. The summed E-state index contributed by atoms with van der Waals surface area (Å²) in [6.07, 6.45) is -0.275. The Balaban J connectivity index is 3.01. The molecule has 17 heavy (non-hydrogen) atoms. The van der Waals surface area contributed by atoms with Gasteiger partial charge in [0.1, 0.15) is 11.6 Å². The predicted molar refractivity (Wildman–Crippen MR) is 62.9 cm³/mol. The SMILES string of the molecule is CCC(Oc1ccc(F)cc1[C@@H](C)N)C(N)=O. The Morgan fingerprint density at radius 2 is 2.18 bits per heavy atom. The number of carbonyl (C=O) groups excluding carboxylic acids is 1. The van der Waals surface area contributed by atoms with E-state index in [0.29, 0.717) is 17.7 Å². The lowest BCUT2D eigenvalue weighted by Crippen LogP contribution is -2.33.